The molecule has 8 heteroatoms. The molecule has 2 amide bonds. The minimum atomic E-state index is -0.217. The van der Waals surface area contributed by atoms with Crippen LogP contribution < -0.4 is 0 Å². The molecule has 8 nitrogen and oxygen atoms in total. The molecular formula is C20H21N5O3. The van der Waals surface area contributed by atoms with Crippen molar-refractivity contribution in [2.24, 2.45) is 0 Å². The van der Waals surface area contributed by atoms with Crippen LogP contribution in [0.3, 0.4) is 0 Å². The number of nitrogens with zero attached hydrogens (tertiary/aromatic N) is 5. The van der Waals surface area contributed by atoms with Gasteiger partial charge in [-0.25, -0.2) is 4.98 Å². The van der Waals surface area contributed by atoms with Gasteiger partial charge in [0.05, 0.1) is 24.6 Å². The van der Waals surface area contributed by atoms with Gasteiger partial charge in [0, 0.05) is 38.3 Å². The van der Waals surface area contributed by atoms with E-state index < -0.39 is 0 Å². The monoisotopic (exact) mass is 379 g/mol. The van der Waals surface area contributed by atoms with Gasteiger partial charge >= 0.3 is 0 Å². The fraction of sp³-hybridized carbons (Fsp3) is 0.250. The van der Waals surface area contributed by atoms with Crippen LogP contribution in [0, 0.1) is 6.92 Å². The first-order valence-electron chi connectivity index (χ1n) is 8.67. The summed E-state index contributed by atoms with van der Waals surface area (Å²) in [5, 5.41) is 3.91. The molecular weight excluding hydrogens is 358 g/mol. The zero-order chi connectivity index (χ0) is 20.3. The number of carbonyl (C=O) groups is 2. The lowest BCUT2D eigenvalue weighted by atomic mass is 10.1. The van der Waals surface area contributed by atoms with Crippen LogP contribution >= 0.6 is 0 Å². The summed E-state index contributed by atoms with van der Waals surface area (Å²) >= 11 is 0. The zero-order valence-electron chi connectivity index (χ0n) is 16.2. The summed E-state index contributed by atoms with van der Waals surface area (Å²) in [5.74, 6) is 0.358. The average Bonchev–Trinajstić information content (AvgIpc) is 3.11. The van der Waals surface area contributed by atoms with Gasteiger partial charge < -0.3 is 14.3 Å². The van der Waals surface area contributed by atoms with Crippen LogP contribution in [0.4, 0.5) is 0 Å². The van der Waals surface area contributed by atoms with Crippen LogP contribution in [-0.2, 0) is 6.54 Å². The number of aryl methyl sites for hydroxylation is 1. The molecule has 0 unspecified atom stereocenters. The molecule has 0 saturated heterocycles. The Morgan fingerprint density at radius 1 is 1.04 bits per heavy atom. The maximum Gasteiger partial charge on any atom is 0.273 e. The first-order chi connectivity index (χ1) is 13.3. The van der Waals surface area contributed by atoms with Crippen molar-refractivity contribution in [3.63, 3.8) is 0 Å². The zero-order valence-corrected chi connectivity index (χ0v) is 16.2. The van der Waals surface area contributed by atoms with Crippen molar-refractivity contribution in [1.82, 2.24) is 24.9 Å². The van der Waals surface area contributed by atoms with Gasteiger partial charge in [0.15, 0.2) is 0 Å². The van der Waals surface area contributed by atoms with E-state index in [4.69, 9.17) is 4.52 Å². The maximum atomic E-state index is 12.6. The summed E-state index contributed by atoms with van der Waals surface area (Å²) in [6.45, 7) is 2.17. The fourth-order valence-corrected chi connectivity index (χ4v) is 2.65. The van der Waals surface area contributed by atoms with Gasteiger partial charge in [0.2, 0.25) is 0 Å². The molecule has 0 aliphatic carbocycles. The van der Waals surface area contributed by atoms with Crippen LogP contribution in [0.2, 0.25) is 0 Å². The van der Waals surface area contributed by atoms with Gasteiger partial charge in [0.1, 0.15) is 17.1 Å². The van der Waals surface area contributed by atoms with Crippen molar-refractivity contribution >= 4 is 11.8 Å². The van der Waals surface area contributed by atoms with E-state index in [0.717, 1.165) is 5.56 Å². The number of hydrogen-bond donors (Lipinski definition) is 0. The Labute approximate surface area is 162 Å². The molecule has 0 radical (unpaired) electrons. The van der Waals surface area contributed by atoms with E-state index in [1.807, 2.05) is 0 Å². The fourth-order valence-electron chi connectivity index (χ4n) is 2.65. The first kappa shape index (κ1) is 19.2. The second-order valence-corrected chi connectivity index (χ2v) is 6.66. The lowest BCUT2D eigenvalue weighted by Gasteiger charge is -2.15. The molecule has 3 rings (SSSR count). The predicted octanol–water partition coefficient (Wildman–Crippen LogP) is 2.41. The number of hydrogen-bond acceptors (Lipinski definition) is 6. The number of rotatable bonds is 5. The van der Waals surface area contributed by atoms with Crippen molar-refractivity contribution in [1.29, 1.82) is 0 Å². The summed E-state index contributed by atoms with van der Waals surface area (Å²) in [6, 6.07) is 8.83. The summed E-state index contributed by atoms with van der Waals surface area (Å²) in [4.78, 5) is 36.2. The third-order valence-electron chi connectivity index (χ3n) is 4.11. The number of benzene rings is 1. The highest BCUT2D eigenvalue weighted by molar-refractivity contribution is 5.94. The highest BCUT2D eigenvalue weighted by atomic mass is 16.5. The standard InChI is InChI=1S/C20H21N5O3/c1-13-9-16(23-28-13)12-25(4)19(26)15-7-5-14(6-8-15)17-10-21-11-18(22-17)20(27)24(2)3/h5-11H,12H2,1-4H3. The molecule has 0 spiro atoms. The number of aromatic nitrogens is 3. The Hall–Kier alpha value is -3.55. The maximum absolute atomic E-state index is 12.6. The van der Waals surface area contributed by atoms with E-state index >= 15 is 0 Å². The summed E-state index contributed by atoms with van der Waals surface area (Å²) < 4.78 is 5.03. The summed E-state index contributed by atoms with van der Waals surface area (Å²) in [6.07, 6.45) is 3.02. The SMILES string of the molecule is Cc1cc(CN(C)C(=O)c2ccc(-c3cncc(C(=O)N(C)C)n3)cc2)no1. The minimum Gasteiger partial charge on any atom is -0.361 e. The highest BCUT2D eigenvalue weighted by Gasteiger charge is 2.15. The molecule has 0 bridgehead atoms. The topological polar surface area (TPSA) is 92.4 Å². The van der Waals surface area contributed by atoms with E-state index in [1.165, 1.54) is 11.1 Å². The highest BCUT2D eigenvalue weighted by Crippen LogP contribution is 2.18. The van der Waals surface area contributed by atoms with E-state index in [9.17, 15) is 9.59 Å². The summed E-state index contributed by atoms with van der Waals surface area (Å²) in [5.41, 5.74) is 2.85. The molecule has 0 aliphatic heterocycles. The van der Waals surface area contributed by atoms with E-state index in [2.05, 4.69) is 15.1 Å². The van der Waals surface area contributed by atoms with Gasteiger partial charge in [-0.2, -0.15) is 0 Å². The Bertz CT molecular complexity index is 995. The smallest absolute Gasteiger partial charge is 0.273 e. The average molecular weight is 379 g/mol. The van der Waals surface area contributed by atoms with Crippen molar-refractivity contribution in [3.8, 4) is 11.3 Å². The Balaban J connectivity index is 1.75. The Morgan fingerprint density at radius 2 is 1.75 bits per heavy atom. The molecule has 0 fully saturated rings. The Kier molecular flexibility index (Phi) is 5.49. The quantitative estimate of drug-likeness (QED) is 0.676. The number of carbonyl (C=O) groups excluding carboxylic acids is 2. The van der Waals surface area contributed by atoms with Gasteiger partial charge in [-0.15, -0.1) is 0 Å². The lowest BCUT2D eigenvalue weighted by Crippen LogP contribution is -2.26. The molecule has 144 valence electrons. The van der Waals surface area contributed by atoms with Crippen LogP contribution in [0.5, 0.6) is 0 Å². The largest absolute Gasteiger partial charge is 0.361 e. The van der Waals surface area contributed by atoms with E-state index in [0.29, 0.717) is 29.3 Å². The second kappa shape index (κ2) is 7.99. The molecule has 28 heavy (non-hydrogen) atoms. The van der Waals surface area contributed by atoms with Crippen molar-refractivity contribution in [2.45, 2.75) is 13.5 Å². The van der Waals surface area contributed by atoms with Crippen LogP contribution in [-0.4, -0.2) is 57.9 Å². The third-order valence-corrected chi connectivity index (χ3v) is 4.11. The van der Waals surface area contributed by atoms with Gasteiger partial charge in [0.25, 0.3) is 11.8 Å². The van der Waals surface area contributed by atoms with E-state index in [-0.39, 0.29) is 17.5 Å². The van der Waals surface area contributed by atoms with Crippen molar-refractivity contribution < 1.29 is 14.1 Å². The molecule has 1 aromatic carbocycles. The molecule has 0 saturated carbocycles. The predicted molar refractivity (Wildman–Crippen MR) is 103 cm³/mol. The van der Waals surface area contributed by atoms with Crippen LogP contribution in [0.25, 0.3) is 11.3 Å². The molecule has 0 N–H and O–H groups in total. The number of amides is 2. The third kappa shape index (κ3) is 4.22. The molecule has 0 atom stereocenters. The molecule has 2 aromatic heterocycles. The molecule has 2 heterocycles. The second-order valence-electron chi connectivity index (χ2n) is 6.66. The minimum absolute atomic E-state index is 0.130. The van der Waals surface area contributed by atoms with Crippen molar-refractivity contribution in [2.75, 3.05) is 21.1 Å². The molecule has 3 aromatic rings. The summed E-state index contributed by atoms with van der Waals surface area (Å²) in [7, 11) is 5.03. The lowest BCUT2D eigenvalue weighted by molar-refractivity contribution is 0.0781. The first-order valence-corrected chi connectivity index (χ1v) is 8.67. The van der Waals surface area contributed by atoms with Crippen LogP contribution in [0.15, 0.2) is 47.2 Å². The van der Waals surface area contributed by atoms with Gasteiger partial charge in [-0.1, -0.05) is 17.3 Å². The van der Waals surface area contributed by atoms with Gasteiger partial charge in [-0.05, 0) is 19.1 Å². The van der Waals surface area contributed by atoms with Crippen molar-refractivity contribution in [3.05, 3.63) is 65.4 Å². The Morgan fingerprint density at radius 3 is 2.36 bits per heavy atom. The van der Waals surface area contributed by atoms with E-state index in [1.54, 1.807) is 69.5 Å². The van der Waals surface area contributed by atoms with Gasteiger partial charge in [-0.3, -0.25) is 14.6 Å². The molecule has 0 aliphatic rings. The normalized spacial score (nSPS) is 10.6. The van der Waals surface area contributed by atoms with Crippen LogP contribution in [0.1, 0.15) is 32.3 Å².